The summed E-state index contributed by atoms with van der Waals surface area (Å²) >= 11 is 0. The number of nitrogens with one attached hydrogen (secondary N) is 1. The standard InChI is InChI=1S/C23H18N6O3/c1-15-25-21(28-32-15)14-31-19-9-5-17(6-10-19)22(30)26-18-7-3-16(4-8-18)20-13-29-12-2-11-24-23(29)27-20/h2-13H,14H2,1H3,(H,26,30). The van der Waals surface area contributed by atoms with Gasteiger partial charge >= 0.3 is 0 Å². The summed E-state index contributed by atoms with van der Waals surface area (Å²) in [6.45, 7) is 1.91. The van der Waals surface area contributed by atoms with Crippen LogP contribution in [0.3, 0.4) is 0 Å². The van der Waals surface area contributed by atoms with E-state index in [-0.39, 0.29) is 12.5 Å². The smallest absolute Gasteiger partial charge is 0.255 e. The number of imidazole rings is 1. The van der Waals surface area contributed by atoms with Crippen molar-refractivity contribution in [3.8, 4) is 17.0 Å². The second-order valence-corrected chi connectivity index (χ2v) is 7.03. The Hall–Kier alpha value is -4.53. The fraction of sp³-hybridized carbons (Fsp3) is 0.0870. The van der Waals surface area contributed by atoms with Gasteiger partial charge in [0.05, 0.1) is 5.69 Å². The molecule has 0 aliphatic carbocycles. The molecule has 5 rings (SSSR count). The fourth-order valence-electron chi connectivity index (χ4n) is 3.15. The summed E-state index contributed by atoms with van der Waals surface area (Å²) in [4.78, 5) is 25.4. The van der Waals surface area contributed by atoms with Crippen molar-refractivity contribution in [3.63, 3.8) is 0 Å². The SMILES string of the molecule is Cc1nc(COc2ccc(C(=O)Nc3ccc(-c4cn5cccnc5n4)cc3)cc2)no1. The lowest BCUT2D eigenvalue weighted by molar-refractivity contribution is 0.102. The molecule has 32 heavy (non-hydrogen) atoms. The molecule has 0 atom stereocenters. The first-order valence-corrected chi connectivity index (χ1v) is 9.88. The molecule has 158 valence electrons. The third-order valence-electron chi connectivity index (χ3n) is 4.73. The molecule has 0 radical (unpaired) electrons. The Morgan fingerprint density at radius 3 is 2.62 bits per heavy atom. The summed E-state index contributed by atoms with van der Waals surface area (Å²) < 4.78 is 12.4. The van der Waals surface area contributed by atoms with Crippen LogP contribution in [-0.2, 0) is 6.61 Å². The summed E-state index contributed by atoms with van der Waals surface area (Å²) in [7, 11) is 0. The molecule has 0 unspecified atom stereocenters. The van der Waals surface area contributed by atoms with Crippen LogP contribution in [0, 0.1) is 6.92 Å². The van der Waals surface area contributed by atoms with Crippen LogP contribution < -0.4 is 10.1 Å². The number of anilines is 1. The first-order valence-electron chi connectivity index (χ1n) is 9.88. The van der Waals surface area contributed by atoms with E-state index in [1.165, 1.54) is 0 Å². The Balaban J connectivity index is 1.21. The Bertz CT molecular complexity index is 1340. The molecule has 0 spiro atoms. The minimum absolute atomic E-state index is 0.192. The van der Waals surface area contributed by atoms with Gasteiger partial charge in [-0.1, -0.05) is 17.3 Å². The van der Waals surface area contributed by atoms with Gasteiger partial charge in [-0.25, -0.2) is 9.97 Å². The topological polar surface area (TPSA) is 107 Å². The number of hydrogen-bond donors (Lipinski definition) is 1. The maximum atomic E-state index is 12.6. The molecular formula is C23H18N6O3. The third kappa shape index (κ3) is 4.17. The van der Waals surface area contributed by atoms with Gasteiger partial charge in [0.2, 0.25) is 17.5 Å². The van der Waals surface area contributed by atoms with Crippen molar-refractivity contribution in [2.45, 2.75) is 13.5 Å². The number of hydrogen-bond acceptors (Lipinski definition) is 7. The molecule has 0 bridgehead atoms. The van der Waals surface area contributed by atoms with E-state index in [1.54, 1.807) is 37.4 Å². The Morgan fingerprint density at radius 1 is 1.09 bits per heavy atom. The molecule has 0 saturated carbocycles. The van der Waals surface area contributed by atoms with Crippen LogP contribution in [0.2, 0.25) is 0 Å². The van der Waals surface area contributed by atoms with E-state index in [4.69, 9.17) is 9.26 Å². The quantitative estimate of drug-likeness (QED) is 0.438. The predicted molar refractivity (Wildman–Crippen MR) is 116 cm³/mol. The summed E-state index contributed by atoms with van der Waals surface area (Å²) in [5, 5.41) is 6.67. The summed E-state index contributed by atoms with van der Waals surface area (Å²) in [5.41, 5.74) is 2.96. The molecule has 5 aromatic rings. The van der Waals surface area contributed by atoms with Gasteiger partial charge < -0.3 is 14.6 Å². The largest absolute Gasteiger partial charge is 0.485 e. The van der Waals surface area contributed by atoms with Gasteiger partial charge in [-0.15, -0.1) is 0 Å². The lowest BCUT2D eigenvalue weighted by Gasteiger charge is -2.07. The van der Waals surface area contributed by atoms with E-state index in [2.05, 4.69) is 25.4 Å². The molecule has 3 heterocycles. The van der Waals surface area contributed by atoms with Gasteiger partial charge in [0, 0.05) is 42.3 Å². The second kappa shape index (κ2) is 8.31. The number of amides is 1. The number of rotatable bonds is 6. The minimum atomic E-state index is -0.213. The molecule has 9 nitrogen and oxygen atoms in total. The lowest BCUT2D eigenvalue weighted by Crippen LogP contribution is -2.11. The molecule has 0 aliphatic heterocycles. The number of aryl methyl sites for hydroxylation is 1. The van der Waals surface area contributed by atoms with Crippen molar-refractivity contribution >= 4 is 17.4 Å². The van der Waals surface area contributed by atoms with Gasteiger partial charge in [-0.3, -0.25) is 9.20 Å². The van der Waals surface area contributed by atoms with Crippen LogP contribution in [0.4, 0.5) is 5.69 Å². The molecule has 9 heteroatoms. The van der Waals surface area contributed by atoms with Crippen LogP contribution in [0.15, 0.2) is 77.7 Å². The molecular weight excluding hydrogens is 408 g/mol. The van der Waals surface area contributed by atoms with Crippen molar-refractivity contribution in [2.75, 3.05) is 5.32 Å². The molecule has 2 aromatic carbocycles. The van der Waals surface area contributed by atoms with Crippen molar-refractivity contribution < 1.29 is 14.1 Å². The molecule has 1 amide bonds. The summed E-state index contributed by atoms with van der Waals surface area (Å²) in [6, 6.07) is 16.2. The number of ether oxygens (including phenoxy) is 1. The number of fused-ring (bicyclic) bond motifs is 1. The number of benzene rings is 2. The van der Waals surface area contributed by atoms with Crippen molar-refractivity contribution in [2.24, 2.45) is 0 Å². The molecule has 0 aliphatic rings. The van der Waals surface area contributed by atoms with Gasteiger partial charge in [0.15, 0.2) is 6.61 Å². The third-order valence-corrected chi connectivity index (χ3v) is 4.73. The zero-order valence-corrected chi connectivity index (χ0v) is 17.1. The van der Waals surface area contributed by atoms with Crippen LogP contribution in [-0.4, -0.2) is 30.4 Å². The second-order valence-electron chi connectivity index (χ2n) is 7.03. The Morgan fingerprint density at radius 2 is 1.91 bits per heavy atom. The normalized spacial score (nSPS) is 10.9. The average molecular weight is 426 g/mol. The molecule has 1 N–H and O–H groups in total. The van der Waals surface area contributed by atoms with Crippen molar-refractivity contribution in [3.05, 3.63) is 90.5 Å². The van der Waals surface area contributed by atoms with Gasteiger partial charge in [0.25, 0.3) is 5.91 Å². The highest BCUT2D eigenvalue weighted by Crippen LogP contribution is 2.21. The zero-order chi connectivity index (χ0) is 21.9. The minimum Gasteiger partial charge on any atom is -0.485 e. The first kappa shape index (κ1) is 19.4. The van der Waals surface area contributed by atoms with E-state index in [1.807, 2.05) is 47.1 Å². The molecule has 0 saturated heterocycles. The fourth-order valence-corrected chi connectivity index (χ4v) is 3.15. The Labute approximate surface area is 182 Å². The number of carbonyl (C=O) groups is 1. The number of nitrogens with zero attached hydrogens (tertiary/aromatic N) is 5. The zero-order valence-electron chi connectivity index (χ0n) is 17.1. The average Bonchev–Trinajstić information content (AvgIpc) is 3.44. The molecule has 3 aromatic heterocycles. The van der Waals surface area contributed by atoms with Gasteiger partial charge in [-0.2, -0.15) is 4.98 Å². The van der Waals surface area contributed by atoms with E-state index in [0.29, 0.717) is 34.5 Å². The number of aromatic nitrogens is 5. The highest BCUT2D eigenvalue weighted by Gasteiger charge is 2.09. The highest BCUT2D eigenvalue weighted by atomic mass is 16.5. The van der Waals surface area contributed by atoms with Crippen molar-refractivity contribution in [1.82, 2.24) is 24.5 Å². The van der Waals surface area contributed by atoms with Crippen LogP contribution >= 0.6 is 0 Å². The lowest BCUT2D eigenvalue weighted by atomic mass is 10.1. The maximum Gasteiger partial charge on any atom is 0.255 e. The highest BCUT2D eigenvalue weighted by molar-refractivity contribution is 6.04. The number of carbonyl (C=O) groups excluding carboxylic acids is 1. The van der Waals surface area contributed by atoms with E-state index < -0.39 is 0 Å². The van der Waals surface area contributed by atoms with Crippen LogP contribution in [0.1, 0.15) is 22.1 Å². The van der Waals surface area contributed by atoms with E-state index in [9.17, 15) is 4.79 Å². The van der Waals surface area contributed by atoms with Crippen LogP contribution in [0.25, 0.3) is 17.0 Å². The monoisotopic (exact) mass is 426 g/mol. The van der Waals surface area contributed by atoms with Crippen molar-refractivity contribution in [1.29, 1.82) is 0 Å². The van der Waals surface area contributed by atoms with E-state index >= 15 is 0 Å². The van der Waals surface area contributed by atoms with E-state index in [0.717, 1.165) is 11.3 Å². The summed E-state index contributed by atoms with van der Waals surface area (Å²) in [6.07, 6.45) is 5.52. The van der Waals surface area contributed by atoms with Crippen LogP contribution in [0.5, 0.6) is 5.75 Å². The summed E-state index contributed by atoms with van der Waals surface area (Å²) in [5.74, 6) is 1.98. The maximum absolute atomic E-state index is 12.6. The van der Waals surface area contributed by atoms with Gasteiger partial charge in [0.1, 0.15) is 5.75 Å². The first-order chi connectivity index (χ1) is 15.6. The predicted octanol–water partition coefficient (Wildman–Crippen LogP) is 3.92. The Kier molecular flexibility index (Phi) is 5.04. The van der Waals surface area contributed by atoms with Gasteiger partial charge in [-0.05, 0) is 42.5 Å². The molecule has 0 fully saturated rings.